The molecule has 3 aromatic rings. The van der Waals surface area contributed by atoms with E-state index in [1.165, 1.54) is 12.3 Å². The van der Waals surface area contributed by atoms with E-state index >= 15 is 0 Å². The van der Waals surface area contributed by atoms with Gasteiger partial charge in [0.1, 0.15) is 6.07 Å². The van der Waals surface area contributed by atoms with Gasteiger partial charge in [0.25, 0.3) is 0 Å². The summed E-state index contributed by atoms with van der Waals surface area (Å²) < 4.78 is 22.0. The lowest BCUT2D eigenvalue weighted by molar-refractivity contribution is 0.174. The first kappa shape index (κ1) is 18.9. The van der Waals surface area contributed by atoms with Crippen molar-refractivity contribution in [2.24, 2.45) is 0 Å². The minimum Gasteiger partial charge on any atom is -0.493 e. The van der Waals surface area contributed by atoms with Crippen molar-refractivity contribution in [2.45, 2.75) is 0 Å². The van der Waals surface area contributed by atoms with E-state index in [1.54, 1.807) is 38.5 Å². The smallest absolute Gasteiger partial charge is 0.231 e. The van der Waals surface area contributed by atoms with Crippen LogP contribution in [0.5, 0.6) is 23.0 Å². The van der Waals surface area contributed by atoms with E-state index in [0.717, 1.165) is 5.56 Å². The number of methoxy groups -OCH3 is 2. The number of pyridine rings is 1. The molecule has 0 bridgehead atoms. The van der Waals surface area contributed by atoms with Crippen LogP contribution in [0.2, 0.25) is 0 Å². The van der Waals surface area contributed by atoms with Gasteiger partial charge in [-0.2, -0.15) is 10.5 Å². The van der Waals surface area contributed by atoms with Crippen LogP contribution in [-0.2, 0) is 0 Å². The van der Waals surface area contributed by atoms with Crippen molar-refractivity contribution in [3.63, 3.8) is 0 Å². The molecule has 0 saturated carbocycles. The molecule has 0 radical (unpaired) electrons. The molecule has 4 rings (SSSR count). The zero-order chi connectivity index (χ0) is 21.1. The number of hydrogen-bond acceptors (Lipinski definition) is 8. The molecule has 0 unspecified atom stereocenters. The van der Waals surface area contributed by atoms with Crippen LogP contribution in [0.15, 0.2) is 36.5 Å². The lowest BCUT2D eigenvalue weighted by Gasteiger charge is -2.15. The van der Waals surface area contributed by atoms with E-state index in [1.807, 2.05) is 12.1 Å². The second-order valence-corrected chi connectivity index (χ2v) is 6.24. The molecule has 2 aromatic carbocycles. The standard InChI is InChI=1S/C22H16N4O4/c1-27-18-8-15-17(9-19(18)28-2)25-11-14(10-24)20(15)26-16-6-5-13(4-3-7-23)21-22(16)30-12-29-21/h3-6,8-9,11H,12H2,1-2H3,(H,25,26). The summed E-state index contributed by atoms with van der Waals surface area (Å²) in [6, 6.07) is 11.3. The number of rotatable bonds is 5. The number of fused-ring (bicyclic) bond motifs is 2. The van der Waals surface area contributed by atoms with Crippen molar-refractivity contribution in [3.05, 3.63) is 47.7 Å². The maximum Gasteiger partial charge on any atom is 0.231 e. The van der Waals surface area contributed by atoms with Crippen molar-refractivity contribution in [2.75, 3.05) is 26.3 Å². The molecule has 0 saturated heterocycles. The van der Waals surface area contributed by atoms with Crippen LogP contribution in [-0.4, -0.2) is 26.0 Å². The number of nitrogens with one attached hydrogen (secondary N) is 1. The minimum atomic E-state index is 0.0641. The van der Waals surface area contributed by atoms with Crippen LogP contribution in [0.25, 0.3) is 17.0 Å². The van der Waals surface area contributed by atoms with Gasteiger partial charge in [-0.3, -0.25) is 4.98 Å². The Morgan fingerprint density at radius 2 is 1.87 bits per heavy atom. The molecule has 30 heavy (non-hydrogen) atoms. The molecule has 1 aliphatic rings. The van der Waals surface area contributed by atoms with Crippen LogP contribution in [0, 0.1) is 22.7 Å². The number of hydrogen-bond donors (Lipinski definition) is 1. The molecule has 1 aromatic heterocycles. The van der Waals surface area contributed by atoms with E-state index < -0.39 is 0 Å². The Bertz CT molecular complexity index is 1250. The van der Waals surface area contributed by atoms with Gasteiger partial charge in [-0.25, -0.2) is 0 Å². The van der Waals surface area contributed by atoms with E-state index in [0.29, 0.717) is 50.8 Å². The van der Waals surface area contributed by atoms with Crippen LogP contribution in [0.1, 0.15) is 11.1 Å². The summed E-state index contributed by atoms with van der Waals surface area (Å²) in [6.45, 7) is 0.0641. The molecule has 0 spiro atoms. The van der Waals surface area contributed by atoms with Crippen molar-refractivity contribution in [1.29, 1.82) is 10.5 Å². The van der Waals surface area contributed by atoms with Crippen LogP contribution < -0.4 is 24.3 Å². The highest BCUT2D eigenvalue weighted by Gasteiger charge is 2.23. The highest BCUT2D eigenvalue weighted by Crippen LogP contribution is 2.45. The van der Waals surface area contributed by atoms with Gasteiger partial charge in [-0.05, 0) is 24.3 Å². The maximum absolute atomic E-state index is 9.64. The molecule has 2 heterocycles. The number of benzene rings is 2. The average molecular weight is 400 g/mol. The van der Waals surface area contributed by atoms with Gasteiger partial charge >= 0.3 is 0 Å². The fourth-order valence-electron chi connectivity index (χ4n) is 3.25. The summed E-state index contributed by atoms with van der Waals surface area (Å²) in [5, 5.41) is 22.4. The fraction of sp³-hybridized carbons (Fsp3) is 0.136. The maximum atomic E-state index is 9.64. The van der Waals surface area contributed by atoms with E-state index in [2.05, 4.69) is 16.4 Å². The van der Waals surface area contributed by atoms with E-state index in [-0.39, 0.29) is 6.79 Å². The second kappa shape index (κ2) is 7.90. The van der Waals surface area contributed by atoms with Crippen molar-refractivity contribution in [1.82, 2.24) is 4.98 Å². The quantitative estimate of drug-likeness (QED) is 0.637. The normalized spacial score (nSPS) is 11.9. The predicted molar refractivity (Wildman–Crippen MR) is 110 cm³/mol. The van der Waals surface area contributed by atoms with Gasteiger partial charge in [0.15, 0.2) is 23.0 Å². The van der Waals surface area contributed by atoms with Crippen LogP contribution in [0.4, 0.5) is 11.4 Å². The molecular formula is C22H16N4O4. The summed E-state index contributed by atoms with van der Waals surface area (Å²) in [7, 11) is 3.10. The Kier molecular flexibility index (Phi) is 4.98. The monoisotopic (exact) mass is 400 g/mol. The summed E-state index contributed by atoms with van der Waals surface area (Å²) in [4.78, 5) is 4.36. The Morgan fingerprint density at radius 3 is 2.60 bits per heavy atom. The molecule has 0 fully saturated rings. The first-order chi connectivity index (χ1) is 14.7. The Morgan fingerprint density at radius 1 is 1.10 bits per heavy atom. The van der Waals surface area contributed by atoms with Gasteiger partial charge in [0, 0.05) is 29.3 Å². The van der Waals surface area contributed by atoms with Crippen molar-refractivity contribution < 1.29 is 18.9 Å². The number of nitriles is 2. The first-order valence-corrected chi connectivity index (χ1v) is 8.90. The zero-order valence-electron chi connectivity index (χ0n) is 16.2. The second-order valence-electron chi connectivity index (χ2n) is 6.24. The largest absolute Gasteiger partial charge is 0.493 e. The average Bonchev–Trinajstić information content (AvgIpc) is 3.28. The third kappa shape index (κ3) is 3.17. The fourth-order valence-corrected chi connectivity index (χ4v) is 3.25. The molecule has 0 atom stereocenters. The number of nitrogens with zero attached hydrogens (tertiary/aromatic N) is 3. The molecular weight excluding hydrogens is 384 g/mol. The lowest BCUT2D eigenvalue weighted by atomic mass is 10.1. The summed E-state index contributed by atoms with van der Waals surface area (Å²) in [5.74, 6) is 2.10. The number of allylic oxidation sites excluding steroid dienone is 1. The van der Waals surface area contributed by atoms with Gasteiger partial charge in [-0.1, -0.05) is 0 Å². The van der Waals surface area contributed by atoms with Crippen LogP contribution >= 0.6 is 0 Å². The van der Waals surface area contributed by atoms with Crippen molar-refractivity contribution in [3.8, 4) is 35.1 Å². The summed E-state index contributed by atoms with van der Waals surface area (Å²) in [6.07, 6.45) is 4.52. The first-order valence-electron chi connectivity index (χ1n) is 8.90. The minimum absolute atomic E-state index is 0.0641. The van der Waals surface area contributed by atoms with Gasteiger partial charge in [0.05, 0.1) is 42.7 Å². The zero-order valence-corrected chi connectivity index (χ0v) is 16.2. The number of aromatic nitrogens is 1. The van der Waals surface area contributed by atoms with E-state index in [9.17, 15) is 5.26 Å². The molecule has 0 amide bonds. The molecule has 1 aliphatic heterocycles. The molecule has 1 N–H and O–H groups in total. The molecule has 8 heteroatoms. The Hall–Kier alpha value is -4.43. The molecule has 8 nitrogen and oxygen atoms in total. The Balaban J connectivity index is 1.87. The third-order valence-corrected chi connectivity index (χ3v) is 4.64. The highest BCUT2D eigenvalue weighted by molar-refractivity contribution is 5.98. The van der Waals surface area contributed by atoms with Gasteiger partial charge < -0.3 is 24.3 Å². The third-order valence-electron chi connectivity index (χ3n) is 4.64. The number of anilines is 2. The predicted octanol–water partition coefficient (Wildman–Crippen LogP) is 4.13. The molecule has 148 valence electrons. The Labute approximate surface area is 172 Å². The topological polar surface area (TPSA) is 109 Å². The lowest BCUT2D eigenvalue weighted by Crippen LogP contribution is -2.00. The van der Waals surface area contributed by atoms with Gasteiger partial charge in [-0.15, -0.1) is 0 Å². The number of ether oxygens (including phenoxy) is 4. The highest BCUT2D eigenvalue weighted by atomic mass is 16.7. The SMILES string of the molecule is COc1cc2ncc(C#N)c(Nc3ccc(C=CC#N)c4c3OCO4)c2cc1OC. The van der Waals surface area contributed by atoms with Gasteiger partial charge in [0.2, 0.25) is 6.79 Å². The summed E-state index contributed by atoms with van der Waals surface area (Å²) in [5.41, 5.74) is 2.89. The summed E-state index contributed by atoms with van der Waals surface area (Å²) >= 11 is 0. The molecule has 0 aliphatic carbocycles. The van der Waals surface area contributed by atoms with Crippen LogP contribution in [0.3, 0.4) is 0 Å². The van der Waals surface area contributed by atoms with Crippen molar-refractivity contribution >= 4 is 28.4 Å². The van der Waals surface area contributed by atoms with E-state index in [4.69, 9.17) is 24.2 Å².